The number of aromatic amines is 1. The first-order valence-electron chi connectivity index (χ1n) is 9.02. The Morgan fingerprint density at radius 1 is 1.19 bits per heavy atom. The number of rotatable bonds is 4. The molecule has 0 aromatic carbocycles. The maximum absolute atomic E-state index is 12.5. The van der Waals surface area contributed by atoms with E-state index in [9.17, 15) is 22.8 Å². The average Bonchev–Trinajstić information content (AvgIpc) is 3.30. The van der Waals surface area contributed by atoms with Crippen LogP contribution in [0.2, 0.25) is 0 Å². The van der Waals surface area contributed by atoms with Gasteiger partial charge in [0, 0.05) is 30.6 Å². The minimum Gasteiger partial charge on any atom is -0.342 e. The third kappa shape index (κ3) is 4.56. The van der Waals surface area contributed by atoms with Gasteiger partial charge in [0.15, 0.2) is 0 Å². The van der Waals surface area contributed by atoms with Gasteiger partial charge < -0.3 is 10.2 Å². The molecule has 1 saturated heterocycles. The molecular formula is C17H23F3N4O2. The summed E-state index contributed by atoms with van der Waals surface area (Å²) in [6, 6.07) is 1.50. The van der Waals surface area contributed by atoms with Gasteiger partial charge in [-0.2, -0.15) is 18.3 Å². The second kappa shape index (κ2) is 7.67. The molecular weight excluding hydrogens is 349 g/mol. The normalized spacial score (nSPS) is 19.7. The van der Waals surface area contributed by atoms with Gasteiger partial charge in [0.05, 0.1) is 0 Å². The lowest BCUT2D eigenvalue weighted by Gasteiger charge is -2.33. The van der Waals surface area contributed by atoms with Crippen molar-refractivity contribution >= 4 is 11.8 Å². The quantitative estimate of drug-likeness (QED) is 0.853. The van der Waals surface area contributed by atoms with Gasteiger partial charge in [0.25, 0.3) is 5.91 Å². The molecule has 9 heteroatoms. The Bertz CT molecular complexity index is 645. The first-order chi connectivity index (χ1) is 12.3. The zero-order chi connectivity index (χ0) is 18.7. The first kappa shape index (κ1) is 18.7. The molecule has 0 bridgehead atoms. The SMILES string of the molecule is O=C(NCC(F)(F)F)c1cc(C2CCN(C(=O)C3CCCC3)CC2)[nH]n1. The van der Waals surface area contributed by atoms with Crippen molar-refractivity contribution in [2.45, 2.75) is 50.6 Å². The molecule has 2 heterocycles. The minimum absolute atomic E-state index is 0.0475. The van der Waals surface area contributed by atoms with E-state index in [0.29, 0.717) is 13.1 Å². The number of H-pyrrole nitrogens is 1. The van der Waals surface area contributed by atoms with Gasteiger partial charge in [-0.05, 0) is 31.7 Å². The van der Waals surface area contributed by atoms with Crippen molar-refractivity contribution in [2.24, 2.45) is 5.92 Å². The summed E-state index contributed by atoms with van der Waals surface area (Å²) in [5.41, 5.74) is 0.684. The molecule has 0 atom stereocenters. The Morgan fingerprint density at radius 3 is 2.46 bits per heavy atom. The van der Waals surface area contributed by atoms with Crippen LogP contribution < -0.4 is 5.32 Å². The lowest BCUT2D eigenvalue weighted by molar-refractivity contribution is -0.136. The summed E-state index contributed by atoms with van der Waals surface area (Å²) in [5.74, 6) is -0.307. The lowest BCUT2D eigenvalue weighted by Crippen LogP contribution is -2.40. The summed E-state index contributed by atoms with van der Waals surface area (Å²) in [4.78, 5) is 26.1. The molecule has 0 radical (unpaired) electrons. The van der Waals surface area contributed by atoms with Crippen LogP contribution in [0.4, 0.5) is 13.2 Å². The third-order valence-corrected chi connectivity index (χ3v) is 5.23. The van der Waals surface area contributed by atoms with E-state index in [2.05, 4.69) is 10.2 Å². The minimum atomic E-state index is -4.45. The average molecular weight is 372 g/mol. The first-order valence-corrected chi connectivity index (χ1v) is 9.02. The standard InChI is InChI=1S/C17H23F3N4O2/c18-17(19,20)10-21-15(25)14-9-13(22-23-14)11-5-7-24(8-6-11)16(26)12-3-1-2-4-12/h9,11-12H,1-8,10H2,(H,21,25)(H,22,23). The van der Waals surface area contributed by atoms with E-state index in [-0.39, 0.29) is 23.4 Å². The van der Waals surface area contributed by atoms with E-state index in [1.54, 1.807) is 0 Å². The van der Waals surface area contributed by atoms with Crippen LogP contribution in [-0.4, -0.2) is 52.7 Å². The van der Waals surface area contributed by atoms with Crippen LogP contribution in [0.25, 0.3) is 0 Å². The molecule has 1 aromatic heterocycles. The molecule has 26 heavy (non-hydrogen) atoms. The van der Waals surface area contributed by atoms with Gasteiger partial charge in [-0.25, -0.2) is 0 Å². The Labute approximate surface area is 149 Å². The fraction of sp³-hybridized carbons (Fsp3) is 0.706. The molecule has 0 spiro atoms. The van der Waals surface area contributed by atoms with Gasteiger partial charge in [-0.1, -0.05) is 12.8 Å². The van der Waals surface area contributed by atoms with Crippen LogP contribution in [0.1, 0.15) is 60.6 Å². The summed E-state index contributed by atoms with van der Waals surface area (Å²) in [5, 5.41) is 8.39. The third-order valence-electron chi connectivity index (χ3n) is 5.23. The number of carbonyl (C=O) groups is 2. The number of hydrogen-bond acceptors (Lipinski definition) is 3. The zero-order valence-electron chi connectivity index (χ0n) is 14.4. The van der Waals surface area contributed by atoms with Crippen LogP contribution >= 0.6 is 0 Å². The number of nitrogens with one attached hydrogen (secondary N) is 2. The number of nitrogens with zero attached hydrogens (tertiary/aromatic N) is 2. The molecule has 0 unspecified atom stereocenters. The van der Waals surface area contributed by atoms with Crippen molar-refractivity contribution in [2.75, 3.05) is 19.6 Å². The van der Waals surface area contributed by atoms with Crippen LogP contribution in [0.3, 0.4) is 0 Å². The number of alkyl halides is 3. The fourth-order valence-corrected chi connectivity index (χ4v) is 3.77. The van der Waals surface area contributed by atoms with E-state index >= 15 is 0 Å². The smallest absolute Gasteiger partial charge is 0.342 e. The molecule has 2 N–H and O–H groups in total. The van der Waals surface area contributed by atoms with E-state index in [4.69, 9.17) is 0 Å². The summed E-state index contributed by atoms with van der Waals surface area (Å²) in [6.45, 7) is -0.0566. The van der Waals surface area contributed by atoms with E-state index in [1.165, 1.54) is 6.07 Å². The van der Waals surface area contributed by atoms with Gasteiger partial charge in [-0.3, -0.25) is 14.7 Å². The molecule has 1 aromatic rings. The van der Waals surface area contributed by atoms with E-state index in [1.807, 2.05) is 10.2 Å². The summed E-state index contributed by atoms with van der Waals surface area (Å²) >= 11 is 0. The van der Waals surface area contributed by atoms with Crippen LogP contribution in [0.15, 0.2) is 6.07 Å². The molecule has 1 saturated carbocycles. The largest absolute Gasteiger partial charge is 0.405 e. The van der Waals surface area contributed by atoms with E-state index < -0.39 is 18.6 Å². The maximum Gasteiger partial charge on any atom is 0.405 e. The predicted octanol–water partition coefficient (Wildman–Crippen LogP) is 2.60. The predicted molar refractivity (Wildman–Crippen MR) is 87.5 cm³/mol. The van der Waals surface area contributed by atoms with Crippen molar-refractivity contribution in [3.8, 4) is 0 Å². The molecule has 6 nitrogen and oxygen atoms in total. The number of piperidine rings is 1. The Hall–Kier alpha value is -2.06. The second-order valence-corrected chi connectivity index (χ2v) is 7.09. The number of carbonyl (C=O) groups excluding carboxylic acids is 2. The monoisotopic (exact) mass is 372 g/mol. The number of likely N-dealkylation sites (tertiary alicyclic amines) is 1. The summed E-state index contributed by atoms with van der Waals surface area (Å²) in [6.07, 6.45) is 1.27. The zero-order valence-corrected chi connectivity index (χ0v) is 14.4. The van der Waals surface area contributed by atoms with Crippen molar-refractivity contribution in [1.82, 2.24) is 20.4 Å². The summed E-state index contributed by atoms with van der Waals surface area (Å²) < 4.78 is 36.5. The number of hydrogen-bond donors (Lipinski definition) is 2. The molecule has 1 aliphatic carbocycles. The highest BCUT2D eigenvalue weighted by molar-refractivity contribution is 5.92. The van der Waals surface area contributed by atoms with Gasteiger partial charge in [0.1, 0.15) is 12.2 Å². The topological polar surface area (TPSA) is 78.1 Å². The molecule has 3 rings (SSSR count). The maximum atomic E-state index is 12.5. The van der Waals surface area contributed by atoms with Crippen LogP contribution in [0, 0.1) is 5.92 Å². The van der Waals surface area contributed by atoms with Crippen molar-refractivity contribution in [1.29, 1.82) is 0 Å². The molecule has 144 valence electrons. The van der Waals surface area contributed by atoms with Crippen LogP contribution in [0.5, 0.6) is 0 Å². The number of aromatic nitrogens is 2. The number of halogens is 3. The Balaban J connectivity index is 1.51. The molecule has 1 aliphatic heterocycles. The van der Waals surface area contributed by atoms with Crippen molar-refractivity contribution in [3.05, 3.63) is 17.5 Å². The van der Waals surface area contributed by atoms with Gasteiger partial charge in [0.2, 0.25) is 5.91 Å². The molecule has 2 amide bonds. The summed E-state index contributed by atoms with van der Waals surface area (Å²) in [7, 11) is 0. The van der Waals surface area contributed by atoms with Crippen molar-refractivity contribution in [3.63, 3.8) is 0 Å². The highest BCUT2D eigenvalue weighted by Gasteiger charge is 2.31. The highest BCUT2D eigenvalue weighted by atomic mass is 19.4. The Morgan fingerprint density at radius 2 is 1.85 bits per heavy atom. The Kier molecular flexibility index (Phi) is 5.52. The van der Waals surface area contributed by atoms with Crippen molar-refractivity contribution < 1.29 is 22.8 Å². The van der Waals surface area contributed by atoms with Crippen LogP contribution in [-0.2, 0) is 4.79 Å². The fourth-order valence-electron chi connectivity index (χ4n) is 3.77. The van der Waals surface area contributed by atoms with E-state index in [0.717, 1.165) is 44.2 Å². The second-order valence-electron chi connectivity index (χ2n) is 7.09. The molecule has 2 aliphatic rings. The molecule has 2 fully saturated rings. The highest BCUT2D eigenvalue weighted by Crippen LogP contribution is 2.31. The van der Waals surface area contributed by atoms with Gasteiger partial charge in [-0.15, -0.1) is 0 Å². The lowest BCUT2D eigenvalue weighted by atomic mass is 9.92. The number of amides is 2. The van der Waals surface area contributed by atoms with Gasteiger partial charge >= 0.3 is 6.18 Å².